The van der Waals surface area contributed by atoms with E-state index in [9.17, 15) is 12.8 Å². The van der Waals surface area contributed by atoms with Crippen molar-refractivity contribution in [3.8, 4) is 5.75 Å². The average molecular weight is 355 g/mol. The van der Waals surface area contributed by atoms with Gasteiger partial charge in [-0.3, -0.25) is 0 Å². The summed E-state index contributed by atoms with van der Waals surface area (Å²) >= 11 is 0. The number of fused-ring (bicyclic) bond motifs is 3. The Bertz CT molecular complexity index is 1200. The maximum atomic E-state index is 13.8. The second-order valence-corrected chi connectivity index (χ2v) is 7.41. The van der Waals surface area contributed by atoms with Gasteiger partial charge in [0.1, 0.15) is 11.6 Å². The minimum absolute atomic E-state index is 0.168. The second-order valence-electron chi connectivity index (χ2n) is 5.63. The highest BCUT2D eigenvalue weighted by atomic mass is 32.2. The van der Waals surface area contributed by atoms with Crippen LogP contribution in [-0.4, -0.2) is 19.5 Å². The molecule has 0 aliphatic heterocycles. The number of rotatable bonds is 3. The molecule has 0 atom stereocenters. The Morgan fingerprint density at radius 1 is 0.880 bits per heavy atom. The van der Waals surface area contributed by atoms with E-state index in [1.54, 1.807) is 36.4 Å². The number of ether oxygens (including phenoxy) is 1. The molecule has 25 heavy (non-hydrogen) atoms. The number of hydrogen-bond acceptors (Lipinski definition) is 3. The van der Waals surface area contributed by atoms with Crippen molar-refractivity contribution < 1.29 is 17.5 Å². The van der Waals surface area contributed by atoms with Gasteiger partial charge < -0.3 is 4.74 Å². The molecule has 0 amide bonds. The van der Waals surface area contributed by atoms with Gasteiger partial charge >= 0.3 is 0 Å². The van der Waals surface area contributed by atoms with Gasteiger partial charge in [0.2, 0.25) is 0 Å². The van der Waals surface area contributed by atoms with E-state index < -0.39 is 15.8 Å². The maximum absolute atomic E-state index is 13.8. The van der Waals surface area contributed by atoms with Crippen LogP contribution in [0, 0.1) is 5.82 Å². The quantitative estimate of drug-likeness (QED) is 0.554. The Morgan fingerprint density at radius 3 is 2.36 bits per heavy atom. The van der Waals surface area contributed by atoms with E-state index in [2.05, 4.69) is 0 Å². The van der Waals surface area contributed by atoms with Gasteiger partial charge in [0.15, 0.2) is 0 Å². The SMILES string of the molecule is COc1ccc2c3cc(F)ccc3n(S(=O)(=O)c3ccccc3)c2c1. The third kappa shape index (κ3) is 2.37. The normalized spacial score (nSPS) is 11.9. The number of halogens is 1. The smallest absolute Gasteiger partial charge is 0.268 e. The molecule has 0 saturated carbocycles. The molecule has 6 heteroatoms. The molecule has 4 rings (SSSR count). The second kappa shape index (κ2) is 5.60. The standard InChI is InChI=1S/C19H14FNO3S/c1-24-14-8-9-16-17-11-13(20)7-10-18(17)21(19(16)12-14)25(22,23)15-5-3-2-4-6-15/h2-12H,1H3. The first kappa shape index (κ1) is 15.7. The fourth-order valence-corrected chi connectivity index (χ4v) is 4.56. The lowest BCUT2D eigenvalue weighted by Gasteiger charge is -2.09. The van der Waals surface area contributed by atoms with Gasteiger partial charge in [-0.1, -0.05) is 18.2 Å². The molecule has 0 spiro atoms. The molecule has 3 aromatic carbocycles. The van der Waals surface area contributed by atoms with Gasteiger partial charge in [0, 0.05) is 16.8 Å². The van der Waals surface area contributed by atoms with Crippen molar-refractivity contribution in [2.75, 3.05) is 7.11 Å². The van der Waals surface area contributed by atoms with Gasteiger partial charge in [0.05, 0.1) is 23.0 Å². The largest absolute Gasteiger partial charge is 0.497 e. The Morgan fingerprint density at radius 2 is 1.64 bits per heavy atom. The first-order valence-corrected chi connectivity index (χ1v) is 9.05. The first-order chi connectivity index (χ1) is 12.0. The van der Waals surface area contributed by atoms with Crippen LogP contribution in [0.25, 0.3) is 21.8 Å². The van der Waals surface area contributed by atoms with Gasteiger partial charge in [-0.05, 0) is 42.5 Å². The Hall–Kier alpha value is -2.86. The lowest BCUT2D eigenvalue weighted by atomic mass is 10.1. The number of benzene rings is 3. The van der Waals surface area contributed by atoms with Crippen LogP contribution < -0.4 is 4.74 Å². The van der Waals surface area contributed by atoms with E-state index in [-0.39, 0.29) is 4.90 Å². The molecule has 4 nitrogen and oxygen atoms in total. The molecule has 0 bridgehead atoms. The molecule has 0 radical (unpaired) electrons. The Balaban J connectivity index is 2.17. The van der Waals surface area contributed by atoms with E-state index in [1.165, 1.54) is 41.4 Å². The fraction of sp³-hybridized carbons (Fsp3) is 0.0526. The molecule has 0 N–H and O–H groups in total. The minimum Gasteiger partial charge on any atom is -0.497 e. The molecular formula is C19H14FNO3S. The lowest BCUT2D eigenvalue weighted by molar-refractivity contribution is 0.415. The van der Waals surface area contributed by atoms with E-state index >= 15 is 0 Å². The van der Waals surface area contributed by atoms with Gasteiger partial charge in [0.25, 0.3) is 10.0 Å². The summed E-state index contributed by atoms with van der Waals surface area (Å²) < 4.78 is 46.7. The number of methoxy groups -OCH3 is 1. The third-order valence-electron chi connectivity index (χ3n) is 4.17. The molecule has 0 aliphatic carbocycles. The zero-order valence-corrected chi connectivity index (χ0v) is 14.1. The fourth-order valence-electron chi connectivity index (χ4n) is 3.02. The predicted molar refractivity (Wildman–Crippen MR) is 95.0 cm³/mol. The van der Waals surface area contributed by atoms with E-state index in [1.807, 2.05) is 0 Å². The highest BCUT2D eigenvalue weighted by Crippen LogP contribution is 2.34. The number of hydrogen-bond donors (Lipinski definition) is 0. The van der Waals surface area contributed by atoms with E-state index in [0.717, 1.165) is 0 Å². The Kier molecular flexibility index (Phi) is 3.51. The van der Waals surface area contributed by atoms with Crippen LogP contribution in [0.5, 0.6) is 5.75 Å². The summed E-state index contributed by atoms with van der Waals surface area (Å²) in [7, 11) is -2.33. The highest BCUT2D eigenvalue weighted by Gasteiger charge is 2.23. The molecule has 4 aromatic rings. The monoisotopic (exact) mass is 355 g/mol. The van der Waals surface area contributed by atoms with Crippen molar-refractivity contribution in [3.05, 3.63) is 72.5 Å². The summed E-state index contributed by atoms with van der Waals surface area (Å²) in [4.78, 5) is 0.168. The molecular weight excluding hydrogens is 341 g/mol. The molecule has 1 heterocycles. The van der Waals surface area contributed by atoms with Crippen LogP contribution in [0.4, 0.5) is 4.39 Å². The predicted octanol–water partition coefficient (Wildman–Crippen LogP) is 4.18. The maximum Gasteiger partial charge on any atom is 0.268 e. The first-order valence-electron chi connectivity index (χ1n) is 7.61. The molecule has 0 saturated heterocycles. The summed E-state index contributed by atoms with van der Waals surface area (Å²) in [6.07, 6.45) is 0. The van der Waals surface area contributed by atoms with Crippen molar-refractivity contribution in [3.63, 3.8) is 0 Å². The van der Waals surface area contributed by atoms with Crippen molar-refractivity contribution in [1.82, 2.24) is 3.97 Å². The van der Waals surface area contributed by atoms with Gasteiger partial charge in [-0.25, -0.2) is 16.8 Å². The Labute approximate surface area is 144 Å². The van der Waals surface area contributed by atoms with Crippen LogP contribution in [0.2, 0.25) is 0 Å². The molecule has 0 unspecified atom stereocenters. The van der Waals surface area contributed by atoms with E-state index in [0.29, 0.717) is 27.6 Å². The van der Waals surface area contributed by atoms with Crippen LogP contribution in [0.3, 0.4) is 0 Å². The lowest BCUT2D eigenvalue weighted by Crippen LogP contribution is -2.12. The van der Waals surface area contributed by atoms with Crippen LogP contribution >= 0.6 is 0 Å². The summed E-state index contributed by atoms with van der Waals surface area (Å²) in [6, 6.07) is 17.4. The van der Waals surface area contributed by atoms with Crippen molar-refractivity contribution in [2.45, 2.75) is 4.90 Å². The van der Waals surface area contributed by atoms with E-state index in [4.69, 9.17) is 4.74 Å². The molecule has 126 valence electrons. The van der Waals surface area contributed by atoms with Crippen molar-refractivity contribution in [2.24, 2.45) is 0 Å². The zero-order valence-electron chi connectivity index (χ0n) is 13.3. The average Bonchev–Trinajstić information content (AvgIpc) is 2.95. The molecule has 0 fully saturated rings. The van der Waals surface area contributed by atoms with Crippen molar-refractivity contribution >= 4 is 31.8 Å². The molecule has 0 aliphatic rings. The summed E-state index contributed by atoms with van der Waals surface area (Å²) in [6.45, 7) is 0. The summed E-state index contributed by atoms with van der Waals surface area (Å²) in [5, 5.41) is 1.19. The highest BCUT2D eigenvalue weighted by molar-refractivity contribution is 7.90. The van der Waals surface area contributed by atoms with Crippen LogP contribution in [0.15, 0.2) is 71.6 Å². The minimum atomic E-state index is -3.85. The van der Waals surface area contributed by atoms with Crippen molar-refractivity contribution in [1.29, 1.82) is 0 Å². The summed E-state index contributed by atoms with van der Waals surface area (Å²) in [5.41, 5.74) is 0.873. The van der Waals surface area contributed by atoms with Gasteiger partial charge in [-0.15, -0.1) is 0 Å². The van der Waals surface area contributed by atoms with Crippen LogP contribution in [-0.2, 0) is 10.0 Å². The third-order valence-corrected chi connectivity index (χ3v) is 5.91. The van der Waals surface area contributed by atoms with Gasteiger partial charge in [-0.2, -0.15) is 0 Å². The zero-order chi connectivity index (χ0) is 17.6. The summed E-state index contributed by atoms with van der Waals surface area (Å²) in [5.74, 6) is 0.111. The molecule has 1 aromatic heterocycles. The number of aromatic nitrogens is 1. The number of nitrogens with zero attached hydrogens (tertiary/aromatic N) is 1. The van der Waals surface area contributed by atoms with Crippen LogP contribution in [0.1, 0.15) is 0 Å². The topological polar surface area (TPSA) is 48.3 Å².